The molecule has 0 amide bonds. The average Bonchev–Trinajstić information content (AvgIpc) is 2.74. The maximum absolute atomic E-state index is 5.85. The molecule has 1 saturated carbocycles. The minimum absolute atomic E-state index is 0.261. The van der Waals surface area contributed by atoms with Gasteiger partial charge >= 0.3 is 0 Å². The molecule has 0 aromatic carbocycles. The summed E-state index contributed by atoms with van der Waals surface area (Å²) in [7, 11) is 0. The molecule has 0 aromatic heterocycles. The average molecular weight is 226 g/mol. The van der Waals surface area contributed by atoms with Gasteiger partial charge in [0.25, 0.3) is 0 Å². The molecule has 2 unspecified atom stereocenters. The molecule has 0 heterocycles. The number of rotatable bonds is 6. The molecular formula is C14H30N2. The Balaban J connectivity index is 2.59. The molecule has 2 heteroatoms. The number of nitrogens with zero attached hydrogens (tertiary/aromatic N) is 1. The smallest absolute Gasteiger partial charge is 0.0123 e. The maximum atomic E-state index is 5.85. The monoisotopic (exact) mass is 226 g/mol. The fourth-order valence-electron chi connectivity index (χ4n) is 3.05. The van der Waals surface area contributed by atoms with E-state index in [9.17, 15) is 0 Å². The highest BCUT2D eigenvalue weighted by molar-refractivity contribution is 4.87. The normalized spacial score (nSPS) is 26.6. The van der Waals surface area contributed by atoms with E-state index in [4.69, 9.17) is 5.73 Å². The van der Waals surface area contributed by atoms with Crippen LogP contribution in [0.4, 0.5) is 0 Å². The lowest BCUT2D eigenvalue weighted by atomic mass is 9.90. The highest BCUT2D eigenvalue weighted by Gasteiger charge is 2.32. The van der Waals surface area contributed by atoms with Gasteiger partial charge in [0.05, 0.1) is 0 Å². The van der Waals surface area contributed by atoms with Crippen LogP contribution in [0.1, 0.15) is 53.4 Å². The fraction of sp³-hybridized carbons (Fsp3) is 1.00. The zero-order chi connectivity index (χ0) is 12.2. The Hall–Kier alpha value is -0.0800. The van der Waals surface area contributed by atoms with E-state index in [0.717, 1.165) is 25.0 Å². The van der Waals surface area contributed by atoms with Gasteiger partial charge in [-0.2, -0.15) is 0 Å². The molecule has 0 radical (unpaired) electrons. The van der Waals surface area contributed by atoms with E-state index in [1.807, 2.05) is 0 Å². The minimum Gasteiger partial charge on any atom is -0.330 e. The third kappa shape index (κ3) is 3.46. The predicted octanol–water partition coefficient (Wildman–Crippen LogP) is 2.87. The minimum atomic E-state index is 0.261. The van der Waals surface area contributed by atoms with Crippen molar-refractivity contribution in [3.63, 3.8) is 0 Å². The topological polar surface area (TPSA) is 29.3 Å². The van der Waals surface area contributed by atoms with E-state index in [0.29, 0.717) is 0 Å². The van der Waals surface area contributed by atoms with Crippen LogP contribution in [0.25, 0.3) is 0 Å². The van der Waals surface area contributed by atoms with Gasteiger partial charge in [0, 0.05) is 12.6 Å². The molecule has 1 aliphatic carbocycles. The van der Waals surface area contributed by atoms with Gasteiger partial charge < -0.3 is 5.73 Å². The van der Waals surface area contributed by atoms with Gasteiger partial charge in [-0.25, -0.2) is 0 Å². The molecule has 0 bridgehead atoms. The van der Waals surface area contributed by atoms with Gasteiger partial charge in [-0.15, -0.1) is 0 Å². The molecule has 0 spiro atoms. The second-order valence-electron chi connectivity index (χ2n) is 6.10. The van der Waals surface area contributed by atoms with Crippen molar-refractivity contribution in [1.29, 1.82) is 0 Å². The zero-order valence-electron chi connectivity index (χ0n) is 11.6. The number of nitrogens with two attached hydrogens (primary N) is 1. The summed E-state index contributed by atoms with van der Waals surface area (Å²) < 4.78 is 0. The van der Waals surface area contributed by atoms with E-state index in [1.165, 1.54) is 32.2 Å². The van der Waals surface area contributed by atoms with Crippen molar-refractivity contribution in [2.24, 2.45) is 17.1 Å². The van der Waals surface area contributed by atoms with Gasteiger partial charge in [0.2, 0.25) is 0 Å². The first-order valence-electron chi connectivity index (χ1n) is 6.98. The summed E-state index contributed by atoms with van der Waals surface area (Å²) in [5.41, 5.74) is 6.11. The van der Waals surface area contributed by atoms with Crippen LogP contribution >= 0.6 is 0 Å². The molecule has 1 fully saturated rings. The van der Waals surface area contributed by atoms with Crippen LogP contribution in [0.5, 0.6) is 0 Å². The van der Waals surface area contributed by atoms with Gasteiger partial charge in [-0.05, 0) is 37.3 Å². The van der Waals surface area contributed by atoms with E-state index >= 15 is 0 Å². The van der Waals surface area contributed by atoms with Crippen LogP contribution in [0.15, 0.2) is 0 Å². The van der Waals surface area contributed by atoms with Crippen LogP contribution in [-0.2, 0) is 0 Å². The highest BCUT2D eigenvalue weighted by Crippen LogP contribution is 2.33. The molecule has 16 heavy (non-hydrogen) atoms. The molecule has 2 nitrogen and oxygen atoms in total. The Morgan fingerprint density at radius 3 is 2.44 bits per heavy atom. The van der Waals surface area contributed by atoms with Crippen LogP contribution in [0.3, 0.4) is 0 Å². The van der Waals surface area contributed by atoms with Gasteiger partial charge in [0.15, 0.2) is 0 Å². The Morgan fingerprint density at radius 2 is 1.94 bits per heavy atom. The van der Waals surface area contributed by atoms with E-state index < -0.39 is 0 Å². The van der Waals surface area contributed by atoms with Crippen molar-refractivity contribution in [3.05, 3.63) is 0 Å². The van der Waals surface area contributed by atoms with Crippen molar-refractivity contribution in [3.8, 4) is 0 Å². The molecule has 1 rings (SSSR count). The van der Waals surface area contributed by atoms with E-state index in [-0.39, 0.29) is 5.41 Å². The second-order valence-corrected chi connectivity index (χ2v) is 6.10. The van der Waals surface area contributed by atoms with Crippen molar-refractivity contribution in [2.75, 3.05) is 19.6 Å². The lowest BCUT2D eigenvalue weighted by molar-refractivity contribution is 0.113. The quantitative estimate of drug-likeness (QED) is 0.754. The number of hydrogen-bond acceptors (Lipinski definition) is 2. The molecule has 0 aromatic rings. The van der Waals surface area contributed by atoms with Crippen molar-refractivity contribution < 1.29 is 0 Å². The maximum Gasteiger partial charge on any atom is 0.0123 e. The van der Waals surface area contributed by atoms with Gasteiger partial charge in [-0.3, -0.25) is 4.90 Å². The van der Waals surface area contributed by atoms with Crippen LogP contribution in [-0.4, -0.2) is 30.6 Å². The van der Waals surface area contributed by atoms with E-state index in [2.05, 4.69) is 32.6 Å². The Bertz CT molecular complexity index is 201. The lowest BCUT2D eigenvalue weighted by Crippen LogP contribution is -2.45. The molecule has 0 aliphatic heterocycles. The summed E-state index contributed by atoms with van der Waals surface area (Å²) in [5.74, 6) is 0.925. The summed E-state index contributed by atoms with van der Waals surface area (Å²) in [6.45, 7) is 12.3. The first kappa shape index (κ1) is 14.0. The predicted molar refractivity (Wildman–Crippen MR) is 71.5 cm³/mol. The van der Waals surface area contributed by atoms with Crippen molar-refractivity contribution >= 4 is 0 Å². The lowest BCUT2D eigenvalue weighted by Gasteiger charge is -2.37. The molecular weight excluding hydrogens is 196 g/mol. The Labute approximate surface area is 102 Å². The summed E-state index contributed by atoms with van der Waals surface area (Å²) in [4.78, 5) is 2.67. The van der Waals surface area contributed by atoms with Crippen LogP contribution < -0.4 is 5.73 Å². The molecule has 0 saturated heterocycles. The summed E-state index contributed by atoms with van der Waals surface area (Å²) in [6, 6.07) is 0.820. The van der Waals surface area contributed by atoms with Gasteiger partial charge in [0.1, 0.15) is 0 Å². The zero-order valence-corrected chi connectivity index (χ0v) is 11.6. The SMILES string of the molecule is CCC1CCCC1N(CC)CC(C)(C)CN. The summed E-state index contributed by atoms with van der Waals surface area (Å²) in [6.07, 6.45) is 5.58. The van der Waals surface area contributed by atoms with E-state index in [1.54, 1.807) is 0 Å². The third-order valence-electron chi connectivity index (χ3n) is 4.20. The first-order chi connectivity index (χ1) is 7.54. The van der Waals surface area contributed by atoms with Gasteiger partial charge in [-0.1, -0.05) is 40.5 Å². The number of hydrogen-bond donors (Lipinski definition) is 1. The second kappa shape index (κ2) is 6.02. The molecule has 1 aliphatic rings. The van der Waals surface area contributed by atoms with Crippen LogP contribution in [0.2, 0.25) is 0 Å². The standard InChI is InChI=1S/C14H30N2/c1-5-12-8-7-9-13(12)16(6-2)11-14(3,4)10-15/h12-13H,5-11,15H2,1-4H3. The third-order valence-corrected chi connectivity index (χ3v) is 4.20. The Morgan fingerprint density at radius 1 is 1.25 bits per heavy atom. The summed E-state index contributed by atoms with van der Waals surface area (Å²) in [5, 5.41) is 0. The van der Waals surface area contributed by atoms with Crippen molar-refractivity contribution in [1.82, 2.24) is 4.90 Å². The largest absolute Gasteiger partial charge is 0.330 e. The summed E-state index contributed by atoms with van der Waals surface area (Å²) >= 11 is 0. The molecule has 2 atom stereocenters. The molecule has 96 valence electrons. The fourth-order valence-corrected chi connectivity index (χ4v) is 3.05. The van der Waals surface area contributed by atoms with Crippen LogP contribution in [0, 0.1) is 11.3 Å². The first-order valence-corrected chi connectivity index (χ1v) is 6.98. The Kier molecular flexibility index (Phi) is 5.26. The van der Waals surface area contributed by atoms with Crippen molar-refractivity contribution in [2.45, 2.75) is 59.4 Å². The molecule has 2 N–H and O–H groups in total. The highest BCUT2D eigenvalue weighted by atomic mass is 15.2.